The number of nitrogens with zero attached hydrogens (tertiary/aromatic N) is 3. The summed E-state index contributed by atoms with van der Waals surface area (Å²) in [4.78, 5) is 22.2. The first-order valence-electron chi connectivity index (χ1n) is 12.2. The van der Waals surface area contributed by atoms with E-state index in [1.54, 1.807) is 12.3 Å². The lowest BCUT2D eigenvalue weighted by Gasteiger charge is -2.26. The predicted octanol–water partition coefficient (Wildman–Crippen LogP) is 5.43. The van der Waals surface area contributed by atoms with Crippen LogP contribution in [0.5, 0.6) is 0 Å². The number of carbonyl (C=O) groups is 1. The Morgan fingerprint density at radius 2 is 1.79 bits per heavy atom. The Morgan fingerprint density at radius 3 is 2.50 bits per heavy atom. The molecular formula is C28H38N4O2. The minimum absolute atomic E-state index is 0.788. The van der Waals surface area contributed by atoms with E-state index >= 15 is 0 Å². The van der Waals surface area contributed by atoms with Crippen LogP contribution in [-0.2, 0) is 4.79 Å². The third kappa shape index (κ3) is 8.04. The third-order valence-electron chi connectivity index (χ3n) is 5.60. The summed E-state index contributed by atoms with van der Waals surface area (Å²) in [5.41, 5.74) is 4.98. The average Bonchev–Trinajstić information content (AvgIpc) is 2.93. The number of pyridine rings is 2. The van der Waals surface area contributed by atoms with E-state index in [0.29, 0.717) is 0 Å². The third-order valence-corrected chi connectivity index (χ3v) is 5.60. The summed E-state index contributed by atoms with van der Waals surface area (Å²) >= 11 is 0. The molecule has 3 aromatic rings. The molecule has 0 aliphatic carbocycles. The first-order valence-corrected chi connectivity index (χ1v) is 12.2. The number of hydrogen-bond acceptors (Lipinski definition) is 6. The molecule has 0 radical (unpaired) electrons. The molecule has 2 N–H and O–H groups in total. The Labute approximate surface area is 203 Å². The van der Waals surface area contributed by atoms with Crippen molar-refractivity contribution in [1.29, 1.82) is 0 Å². The molecule has 1 fully saturated rings. The van der Waals surface area contributed by atoms with Gasteiger partial charge in [-0.1, -0.05) is 50.6 Å². The maximum absolute atomic E-state index is 10.5. The zero-order valence-electron chi connectivity index (χ0n) is 20.7. The molecule has 0 amide bonds. The lowest BCUT2D eigenvalue weighted by Crippen LogP contribution is -2.31. The van der Waals surface area contributed by atoms with E-state index in [1.165, 1.54) is 38.4 Å². The number of likely N-dealkylation sites (tertiary alicyclic amines) is 1. The molecule has 182 valence electrons. The van der Waals surface area contributed by atoms with Crippen molar-refractivity contribution in [3.63, 3.8) is 0 Å². The second-order valence-corrected chi connectivity index (χ2v) is 7.75. The molecule has 0 spiro atoms. The summed E-state index contributed by atoms with van der Waals surface area (Å²) < 4.78 is 0. The number of anilines is 1. The van der Waals surface area contributed by atoms with E-state index in [1.807, 2.05) is 50.4 Å². The van der Waals surface area contributed by atoms with Gasteiger partial charge in [-0.2, -0.15) is 0 Å². The molecule has 34 heavy (non-hydrogen) atoms. The normalized spacial score (nSPS) is 13.5. The number of fused-ring (bicyclic) bond motifs is 1. The van der Waals surface area contributed by atoms with Gasteiger partial charge in [0.25, 0.3) is 0 Å². The monoisotopic (exact) mass is 462 g/mol. The maximum atomic E-state index is 10.5. The standard InChI is InChI=1S/C25H28N4O.C2H6.CH4O/c30-17-4-6-20-7-9-21(10-8-20)24-18-25(22-19-26-13-11-23(22)28-24)27-12-5-16-29-14-2-1-3-15-29;2*1-2/h4,6-11,13,17-19H,1-3,5,12,14-16H2,(H,27,28);1-2H3;2H,1H3/b6-4+;;. The summed E-state index contributed by atoms with van der Waals surface area (Å²) in [7, 11) is 1.00. The number of aromatic nitrogens is 2. The average molecular weight is 463 g/mol. The molecule has 3 heterocycles. The summed E-state index contributed by atoms with van der Waals surface area (Å²) in [6.45, 7) is 8.56. The minimum Gasteiger partial charge on any atom is -0.400 e. The second-order valence-electron chi connectivity index (χ2n) is 7.75. The topological polar surface area (TPSA) is 78.4 Å². The van der Waals surface area contributed by atoms with Gasteiger partial charge in [0.15, 0.2) is 0 Å². The van der Waals surface area contributed by atoms with Crippen molar-refractivity contribution >= 4 is 29.0 Å². The van der Waals surface area contributed by atoms with Crippen LogP contribution in [0, 0.1) is 0 Å². The number of piperidine rings is 1. The number of carbonyl (C=O) groups excluding carboxylic acids is 1. The van der Waals surface area contributed by atoms with Crippen LogP contribution >= 0.6 is 0 Å². The number of hydrogen-bond donors (Lipinski definition) is 2. The molecule has 1 aliphatic heterocycles. The molecule has 4 rings (SSSR count). The van der Waals surface area contributed by atoms with Crippen molar-refractivity contribution in [3.8, 4) is 11.3 Å². The van der Waals surface area contributed by atoms with Crippen LogP contribution in [0.25, 0.3) is 28.2 Å². The maximum Gasteiger partial charge on any atom is 0.142 e. The van der Waals surface area contributed by atoms with E-state index in [-0.39, 0.29) is 0 Å². The van der Waals surface area contributed by atoms with E-state index in [9.17, 15) is 4.79 Å². The highest BCUT2D eigenvalue weighted by atomic mass is 16.2. The van der Waals surface area contributed by atoms with Gasteiger partial charge < -0.3 is 15.3 Å². The van der Waals surface area contributed by atoms with Crippen molar-refractivity contribution in [3.05, 3.63) is 60.4 Å². The highest BCUT2D eigenvalue weighted by molar-refractivity contribution is 5.93. The van der Waals surface area contributed by atoms with Gasteiger partial charge in [-0.25, -0.2) is 4.98 Å². The van der Waals surface area contributed by atoms with Crippen LogP contribution < -0.4 is 5.32 Å². The van der Waals surface area contributed by atoms with Crippen molar-refractivity contribution in [2.75, 3.05) is 38.6 Å². The smallest absolute Gasteiger partial charge is 0.142 e. The summed E-state index contributed by atoms with van der Waals surface area (Å²) in [5, 5.41) is 11.7. The Balaban J connectivity index is 0.000000970. The molecule has 0 saturated carbocycles. The second kappa shape index (κ2) is 15.7. The molecule has 1 aromatic carbocycles. The number of aldehydes is 1. The Bertz CT molecular complexity index is 1010. The molecule has 1 aliphatic rings. The fourth-order valence-corrected chi connectivity index (χ4v) is 3.99. The van der Waals surface area contributed by atoms with Crippen LogP contribution in [0.15, 0.2) is 54.9 Å². The highest BCUT2D eigenvalue weighted by Gasteiger charge is 2.10. The predicted molar refractivity (Wildman–Crippen MR) is 143 cm³/mol. The van der Waals surface area contributed by atoms with Gasteiger partial charge in [0, 0.05) is 42.7 Å². The highest BCUT2D eigenvalue weighted by Crippen LogP contribution is 2.28. The Kier molecular flexibility index (Phi) is 12.5. The Morgan fingerprint density at radius 1 is 1.06 bits per heavy atom. The van der Waals surface area contributed by atoms with E-state index in [0.717, 1.165) is 66.3 Å². The number of benzene rings is 1. The van der Waals surface area contributed by atoms with E-state index in [4.69, 9.17) is 10.1 Å². The van der Waals surface area contributed by atoms with Crippen LogP contribution in [0.2, 0.25) is 0 Å². The minimum atomic E-state index is 0.788. The molecule has 6 nitrogen and oxygen atoms in total. The zero-order valence-corrected chi connectivity index (χ0v) is 20.7. The summed E-state index contributed by atoms with van der Waals surface area (Å²) in [5.74, 6) is 0. The van der Waals surface area contributed by atoms with Gasteiger partial charge in [0.2, 0.25) is 0 Å². The van der Waals surface area contributed by atoms with Crippen LogP contribution in [0.4, 0.5) is 5.69 Å². The molecule has 1 saturated heterocycles. The van der Waals surface area contributed by atoms with Crippen molar-refractivity contribution < 1.29 is 9.90 Å². The van der Waals surface area contributed by atoms with Crippen molar-refractivity contribution in [1.82, 2.24) is 14.9 Å². The SMILES string of the molecule is CC.CO.O=C/C=C/c1ccc(-c2cc(NCCCN3CCCCC3)c3cnccc3n2)cc1. The van der Waals surface area contributed by atoms with E-state index in [2.05, 4.69) is 21.3 Å². The van der Waals surface area contributed by atoms with Crippen LogP contribution in [-0.4, -0.2) is 59.5 Å². The van der Waals surface area contributed by atoms with Crippen molar-refractivity contribution in [2.24, 2.45) is 0 Å². The summed E-state index contributed by atoms with van der Waals surface area (Å²) in [6, 6.07) is 12.2. The molecule has 2 aromatic heterocycles. The van der Waals surface area contributed by atoms with Gasteiger partial charge in [-0.3, -0.25) is 9.78 Å². The number of allylic oxidation sites excluding steroid dienone is 1. The van der Waals surface area contributed by atoms with Crippen LogP contribution in [0.1, 0.15) is 45.1 Å². The zero-order chi connectivity index (χ0) is 24.6. The van der Waals surface area contributed by atoms with Crippen LogP contribution in [0.3, 0.4) is 0 Å². The largest absolute Gasteiger partial charge is 0.400 e. The number of aliphatic hydroxyl groups excluding tert-OH is 1. The van der Waals surface area contributed by atoms with E-state index < -0.39 is 0 Å². The quantitative estimate of drug-likeness (QED) is 0.264. The molecule has 6 heteroatoms. The number of aliphatic hydroxyl groups is 1. The fourth-order valence-electron chi connectivity index (χ4n) is 3.99. The van der Waals surface area contributed by atoms with Gasteiger partial charge in [0.05, 0.1) is 11.2 Å². The Hall–Kier alpha value is -3.09. The van der Waals surface area contributed by atoms with Gasteiger partial charge in [-0.15, -0.1) is 0 Å². The summed E-state index contributed by atoms with van der Waals surface area (Å²) in [6.07, 6.45) is 12.9. The first kappa shape index (κ1) is 27.2. The lowest BCUT2D eigenvalue weighted by atomic mass is 10.1. The molecule has 0 unspecified atom stereocenters. The number of nitrogens with one attached hydrogen (secondary N) is 1. The van der Waals surface area contributed by atoms with Crippen molar-refractivity contribution in [2.45, 2.75) is 39.5 Å². The van der Waals surface area contributed by atoms with Gasteiger partial charge in [0.1, 0.15) is 6.29 Å². The molecule has 0 bridgehead atoms. The number of rotatable bonds is 8. The fraction of sp³-hybridized carbons (Fsp3) is 0.393. The van der Waals surface area contributed by atoms with Gasteiger partial charge in [-0.05, 0) is 62.7 Å². The first-order chi connectivity index (χ1) is 16.8. The van der Waals surface area contributed by atoms with Gasteiger partial charge >= 0.3 is 0 Å². The lowest BCUT2D eigenvalue weighted by molar-refractivity contribution is -0.104. The molecule has 0 atom stereocenters. The molecular weight excluding hydrogens is 424 g/mol.